The van der Waals surface area contributed by atoms with Crippen LogP contribution in [-0.2, 0) is 19.5 Å². The Morgan fingerprint density at radius 3 is 2.78 bits per heavy atom. The van der Waals surface area contributed by atoms with Crippen molar-refractivity contribution in [1.29, 1.82) is 5.26 Å². The molecule has 0 saturated carbocycles. The Kier molecular flexibility index (Phi) is 6.21. The maximum absolute atomic E-state index is 13.3. The van der Waals surface area contributed by atoms with E-state index in [4.69, 9.17) is 9.78 Å². The fourth-order valence-electron chi connectivity index (χ4n) is 3.89. The predicted octanol–water partition coefficient (Wildman–Crippen LogP) is 3.66. The van der Waals surface area contributed by atoms with Crippen LogP contribution < -0.4 is 5.56 Å². The van der Waals surface area contributed by atoms with Crippen LogP contribution in [0.25, 0.3) is 10.9 Å². The lowest BCUT2D eigenvalue weighted by atomic mass is 10.1. The van der Waals surface area contributed by atoms with Crippen LogP contribution in [0.2, 0.25) is 0 Å². The van der Waals surface area contributed by atoms with Crippen molar-refractivity contribution < 1.29 is 4.52 Å². The summed E-state index contributed by atoms with van der Waals surface area (Å²) in [7, 11) is 0. The van der Waals surface area contributed by atoms with Crippen LogP contribution in [0.15, 0.2) is 45.8 Å². The third kappa shape index (κ3) is 4.35. The first-order valence-electron chi connectivity index (χ1n) is 10.9. The van der Waals surface area contributed by atoms with E-state index in [1.54, 1.807) is 9.36 Å². The summed E-state index contributed by atoms with van der Waals surface area (Å²) < 4.78 is 11.0. The molecule has 0 radical (unpaired) electrons. The molecule has 9 heteroatoms. The van der Waals surface area contributed by atoms with Crippen molar-refractivity contribution in [2.45, 2.75) is 65.1 Å². The van der Waals surface area contributed by atoms with Crippen molar-refractivity contribution in [1.82, 2.24) is 29.5 Å². The van der Waals surface area contributed by atoms with Gasteiger partial charge in [0.2, 0.25) is 0 Å². The van der Waals surface area contributed by atoms with E-state index < -0.39 is 0 Å². The molecule has 0 saturated heterocycles. The average molecular weight is 434 g/mol. The summed E-state index contributed by atoms with van der Waals surface area (Å²) in [5, 5.41) is 21.9. The van der Waals surface area contributed by atoms with Gasteiger partial charge in [-0.3, -0.25) is 14.2 Å². The Labute approximate surface area is 185 Å². The summed E-state index contributed by atoms with van der Waals surface area (Å²) in [6.45, 7) is 7.03. The maximum Gasteiger partial charge on any atom is 0.274 e. The van der Waals surface area contributed by atoms with Crippen LogP contribution in [0, 0.1) is 11.3 Å². The summed E-state index contributed by atoms with van der Waals surface area (Å²) in [6.07, 6.45) is 3.86. The molecule has 0 N–H and O–H groups in total. The third-order valence-corrected chi connectivity index (χ3v) is 5.53. The fraction of sp³-hybridized carbons (Fsp3) is 0.435. The van der Waals surface area contributed by atoms with E-state index in [0.29, 0.717) is 37.1 Å². The van der Waals surface area contributed by atoms with Gasteiger partial charge < -0.3 is 4.52 Å². The molecule has 1 atom stereocenters. The third-order valence-electron chi connectivity index (χ3n) is 5.53. The zero-order valence-corrected chi connectivity index (χ0v) is 18.6. The second-order valence-electron chi connectivity index (χ2n) is 8.39. The van der Waals surface area contributed by atoms with Crippen LogP contribution in [0.5, 0.6) is 0 Å². The van der Waals surface area contributed by atoms with Gasteiger partial charge in [0, 0.05) is 18.7 Å². The SMILES string of the molecule is CC(C)c1cc(Cn2c3ccccc3c(=O)n2C(C)Cn2cc(CCCC#N)nn2)on1. The highest BCUT2D eigenvalue weighted by Gasteiger charge is 2.20. The molecule has 0 spiro atoms. The first-order chi connectivity index (χ1) is 15.5. The van der Waals surface area contributed by atoms with Crippen molar-refractivity contribution in [3.63, 3.8) is 0 Å². The Balaban J connectivity index is 1.64. The minimum atomic E-state index is -0.170. The molecule has 0 aliphatic carbocycles. The number of nitrogens with zero attached hydrogens (tertiary/aromatic N) is 7. The Morgan fingerprint density at radius 2 is 2.03 bits per heavy atom. The molecular formula is C23H27N7O2. The van der Waals surface area contributed by atoms with Gasteiger partial charge in [-0.25, -0.2) is 4.68 Å². The van der Waals surface area contributed by atoms with E-state index in [1.165, 1.54) is 0 Å². The molecule has 3 heterocycles. The zero-order valence-electron chi connectivity index (χ0n) is 18.6. The van der Waals surface area contributed by atoms with Gasteiger partial charge in [0.05, 0.1) is 40.9 Å². The number of nitriles is 1. The summed E-state index contributed by atoms with van der Waals surface area (Å²) in [4.78, 5) is 13.3. The summed E-state index contributed by atoms with van der Waals surface area (Å²) in [5.74, 6) is 0.973. The van der Waals surface area contributed by atoms with Gasteiger partial charge in [0.15, 0.2) is 5.76 Å². The molecule has 4 aromatic rings. The summed E-state index contributed by atoms with van der Waals surface area (Å²) >= 11 is 0. The second kappa shape index (κ2) is 9.22. The quantitative estimate of drug-likeness (QED) is 0.373. The van der Waals surface area contributed by atoms with Gasteiger partial charge in [-0.05, 0) is 37.8 Å². The number of fused-ring (bicyclic) bond motifs is 1. The number of aromatic nitrogens is 6. The van der Waals surface area contributed by atoms with E-state index in [1.807, 2.05) is 48.1 Å². The largest absolute Gasteiger partial charge is 0.359 e. The molecule has 0 fully saturated rings. The van der Waals surface area contributed by atoms with Crippen molar-refractivity contribution in [2.75, 3.05) is 0 Å². The van der Waals surface area contributed by atoms with Gasteiger partial charge in [0.1, 0.15) is 6.54 Å². The average Bonchev–Trinajstić information content (AvgIpc) is 3.48. The maximum atomic E-state index is 13.3. The smallest absolute Gasteiger partial charge is 0.274 e. The highest BCUT2D eigenvalue weighted by atomic mass is 16.5. The minimum Gasteiger partial charge on any atom is -0.359 e. The standard InChI is InChI=1S/C23H27N7O2/c1-16(2)21-12-19(32-26-21)15-29-22-10-5-4-9-20(22)23(31)30(29)17(3)13-28-14-18(25-27-28)8-6-7-11-24/h4-5,9-10,12,14,16-17H,6-8,13,15H2,1-3H3. The number of aryl methyl sites for hydroxylation is 1. The molecule has 9 nitrogen and oxygen atoms in total. The van der Waals surface area contributed by atoms with E-state index in [2.05, 4.69) is 35.4 Å². The zero-order chi connectivity index (χ0) is 22.7. The van der Waals surface area contributed by atoms with Gasteiger partial charge in [0.25, 0.3) is 5.56 Å². The highest BCUT2D eigenvalue weighted by Crippen LogP contribution is 2.20. The van der Waals surface area contributed by atoms with E-state index in [9.17, 15) is 4.79 Å². The fourth-order valence-corrected chi connectivity index (χ4v) is 3.89. The molecule has 0 bridgehead atoms. The van der Waals surface area contributed by atoms with Gasteiger partial charge >= 0.3 is 0 Å². The molecular weight excluding hydrogens is 406 g/mol. The van der Waals surface area contributed by atoms with Crippen LogP contribution in [0.4, 0.5) is 0 Å². The van der Waals surface area contributed by atoms with Crippen molar-refractivity contribution in [3.05, 3.63) is 64.0 Å². The Morgan fingerprint density at radius 1 is 1.22 bits per heavy atom. The van der Waals surface area contributed by atoms with Crippen LogP contribution in [0.3, 0.4) is 0 Å². The molecule has 1 aromatic carbocycles. The number of hydrogen-bond acceptors (Lipinski definition) is 6. The number of para-hydroxylation sites is 1. The Bertz CT molecular complexity index is 1300. The van der Waals surface area contributed by atoms with Crippen molar-refractivity contribution in [2.24, 2.45) is 0 Å². The number of benzene rings is 1. The topological polar surface area (TPSA) is 107 Å². The van der Waals surface area contributed by atoms with E-state index in [0.717, 1.165) is 23.3 Å². The second-order valence-corrected chi connectivity index (χ2v) is 8.39. The summed E-state index contributed by atoms with van der Waals surface area (Å²) in [6, 6.07) is 11.5. The van der Waals surface area contributed by atoms with E-state index >= 15 is 0 Å². The number of unbranched alkanes of at least 4 members (excludes halogenated alkanes) is 1. The lowest BCUT2D eigenvalue weighted by Gasteiger charge is -2.18. The highest BCUT2D eigenvalue weighted by molar-refractivity contribution is 5.78. The van der Waals surface area contributed by atoms with Gasteiger partial charge in [-0.2, -0.15) is 5.26 Å². The lowest BCUT2D eigenvalue weighted by Crippen LogP contribution is -2.29. The molecule has 0 aliphatic heterocycles. The summed E-state index contributed by atoms with van der Waals surface area (Å²) in [5.41, 5.74) is 2.54. The molecule has 166 valence electrons. The molecule has 0 amide bonds. The normalized spacial score (nSPS) is 12.5. The Hall–Kier alpha value is -3.67. The molecule has 4 rings (SSSR count). The monoisotopic (exact) mass is 433 g/mol. The van der Waals surface area contributed by atoms with Gasteiger partial charge in [-0.15, -0.1) is 5.10 Å². The number of rotatable bonds is 9. The number of hydrogen-bond donors (Lipinski definition) is 0. The van der Waals surface area contributed by atoms with Crippen LogP contribution >= 0.6 is 0 Å². The van der Waals surface area contributed by atoms with Crippen molar-refractivity contribution >= 4 is 10.9 Å². The van der Waals surface area contributed by atoms with Crippen LogP contribution in [-0.4, -0.2) is 29.5 Å². The predicted molar refractivity (Wildman–Crippen MR) is 119 cm³/mol. The van der Waals surface area contributed by atoms with Gasteiger partial charge in [-0.1, -0.05) is 36.4 Å². The molecule has 1 unspecified atom stereocenters. The van der Waals surface area contributed by atoms with E-state index in [-0.39, 0.29) is 17.5 Å². The molecule has 32 heavy (non-hydrogen) atoms. The first kappa shape index (κ1) is 21.6. The first-order valence-corrected chi connectivity index (χ1v) is 10.9. The van der Waals surface area contributed by atoms with Crippen molar-refractivity contribution in [3.8, 4) is 6.07 Å². The minimum absolute atomic E-state index is 0.0499. The molecule has 0 aliphatic rings. The molecule has 3 aromatic heterocycles. The lowest BCUT2D eigenvalue weighted by molar-refractivity contribution is 0.318. The van der Waals surface area contributed by atoms with Crippen LogP contribution in [0.1, 0.15) is 62.7 Å².